The molecule has 0 spiro atoms. The number of ether oxygens (including phenoxy) is 4. The minimum Gasteiger partial charge on any atom is -0.488 e. The standard InChI is InChI=1S/C24H30Br4O6S2/c1-35-5-3-31-11-17(29)13-33-23-19(25)7-15(8-20(23)26)16-9-21(27)24(22(28)10-16)34-14-18(30)12-32-4-6-36-2/h7-10,17-18,29-30H,3-6,11-14H2,1-2H3. The maximum absolute atomic E-state index is 10.1. The van der Waals surface area contributed by atoms with Crippen molar-refractivity contribution in [3.8, 4) is 22.6 Å². The molecule has 2 aromatic rings. The van der Waals surface area contributed by atoms with Gasteiger partial charge in [0.15, 0.2) is 0 Å². The van der Waals surface area contributed by atoms with Crippen LogP contribution in [0.3, 0.4) is 0 Å². The van der Waals surface area contributed by atoms with Crippen LogP contribution in [-0.2, 0) is 9.47 Å². The molecule has 2 N–H and O–H groups in total. The highest BCUT2D eigenvalue weighted by Crippen LogP contribution is 2.42. The van der Waals surface area contributed by atoms with E-state index in [1.165, 1.54) is 0 Å². The number of aliphatic hydroxyl groups excluding tert-OH is 2. The van der Waals surface area contributed by atoms with Crippen molar-refractivity contribution in [3.63, 3.8) is 0 Å². The molecule has 2 rings (SSSR count). The van der Waals surface area contributed by atoms with E-state index >= 15 is 0 Å². The van der Waals surface area contributed by atoms with Crippen molar-refractivity contribution in [2.45, 2.75) is 12.2 Å². The number of thioether (sulfide) groups is 2. The van der Waals surface area contributed by atoms with Crippen LogP contribution in [0, 0.1) is 0 Å². The Kier molecular flexibility index (Phi) is 16.3. The van der Waals surface area contributed by atoms with Gasteiger partial charge in [-0.05, 0) is 112 Å². The van der Waals surface area contributed by atoms with Gasteiger partial charge in [0.1, 0.15) is 36.9 Å². The Hall–Kier alpha value is 0.500. The topological polar surface area (TPSA) is 77.4 Å². The molecular weight excluding hydrogens is 768 g/mol. The third kappa shape index (κ3) is 11.3. The van der Waals surface area contributed by atoms with E-state index in [-0.39, 0.29) is 26.4 Å². The van der Waals surface area contributed by atoms with Crippen LogP contribution in [0.5, 0.6) is 11.5 Å². The van der Waals surface area contributed by atoms with Crippen LogP contribution in [0.4, 0.5) is 0 Å². The summed E-state index contributed by atoms with van der Waals surface area (Å²) >= 11 is 17.7. The van der Waals surface area contributed by atoms with Crippen molar-refractivity contribution < 1.29 is 29.2 Å². The summed E-state index contributed by atoms with van der Waals surface area (Å²) in [5.74, 6) is 2.99. The second-order valence-corrected chi connectivity index (χ2v) is 13.0. The molecule has 12 heteroatoms. The number of hydrogen-bond donors (Lipinski definition) is 2. The van der Waals surface area contributed by atoms with E-state index in [4.69, 9.17) is 18.9 Å². The van der Waals surface area contributed by atoms with Gasteiger partial charge in [-0.15, -0.1) is 0 Å². The lowest BCUT2D eigenvalue weighted by Gasteiger charge is -2.17. The Balaban J connectivity index is 2.01. The molecule has 0 radical (unpaired) electrons. The third-order valence-corrected chi connectivity index (χ3v) is 8.16. The molecule has 2 aromatic carbocycles. The molecular formula is C24H30Br4O6S2. The normalized spacial score (nSPS) is 13.0. The number of benzene rings is 2. The first-order valence-electron chi connectivity index (χ1n) is 11.0. The minimum atomic E-state index is -0.717. The summed E-state index contributed by atoms with van der Waals surface area (Å²) in [4.78, 5) is 0. The first-order chi connectivity index (χ1) is 17.3. The third-order valence-electron chi connectivity index (χ3n) is 4.65. The van der Waals surface area contributed by atoms with Crippen molar-refractivity contribution >= 4 is 87.2 Å². The minimum absolute atomic E-state index is 0.118. The Morgan fingerprint density at radius 3 is 1.28 bits per heavy atom. The number of aliphatic hydroxyl groups is 2. The Bertz CT molecular complexity index is 831. The molecule has 0 aromatic heterocycles. The zero-order valence-corrected chi connectivity index (χ0v) is 28.0. The predicted octanol–water partition coefficient (Wildman–Crippen LogP) is 6.64. The average Bonchev–Trinajstić information content (AvgIpc) is 2.83. The molecule has 0 heterocycles. The van der Waals surface area contributed by atoms with Crippen LogP contribution >= 0.6 is 87.2 Å². The van der Waals surface area contributed by atoms with Gasteiger partial charge in [-0.25, -0.2) is 0 Å². The van der Waals surface area contributed by atoms with Crippen LogP contribution in [0.2, 0.25) is 0 Å². The second-order valence-electron chi connectivity index (χ2n) is 7.60. The van der Waals surface area contributed by atoms with E-state index < -0.39 is 12.2 Å². The van der Waals surface area contributed by atoms with Gasteiger partial charge in [0, 0.05) is 11.5 Å². The lowest BCUT2D eigenvalue weighted by Crippen LogP contribution is -2.24. The van der Waals surface area contributed by atoms with Crippen LogP contribution in [0.1, 0.15) is 0 Å². The summed E-state index contributed by atoms with van der Waals surface area (Å²) < 4.78 is 25.5. The van der Waals surface area contributed by atoms with Gasteiger partial charge in [0.05, 0.1) is 44.3 Å². The van der Waals surface area contributed by atoms with Gasteiger partial charge in [-0.3, -0.25) is 0 Å². The molecule has 0 saturated carbocycles. The van der Waals surface area contributed by atoms with Crippen molar-refractivity contribution in [1.29, 1.82) is 0 Å². The van der Waals surface area contributed by atoms with Crippen molar-refractivity contribution in [2.24, 2.45) is 0 Å². The lowest BCUT2D eigenvalue weighted by atomic mass is 10.1. The monoisotopic (exact) mass is 794 g/mol. The summed E-state index contributed by atoms with van der Waals surface area (Å²) in [6.07, 6.45) is 2.59. The maximum atomic E-state index is 10.1. The summed E-state index contributed by atoms with van der Waals surface area (Å²) in [5.41, 5.74) is 1.88. The molecule has 0 aliphatic heterocycles. The zero-order chi connectivity index (χ0) is 26.5. The van der Waals surface area contributed by atoms with Crippen molar-refractivity contribution in [3.05, 3.63) is 42.2 Å². The van der Waals surface area contributed by atoms with E-state index in [1.807, 2.05) is 36.8 Å². The average molecular weight is 798 g/mol. The molecule has 2 unspecified atom stereocenters. The highest BCUT2D eigenvalue weighted by Gasteiger charge is 2.16. The number of halogens is 4. The molecule has 6 nitrogen and oxygen atoms in total. The lowest BCUT2D eigenvalue weighted by molar-refractivity contribution is 0.0170. The highest BCUT2D eigenvalue weighted by molar-refractivity contribution is 9.11. The molecule has 0 aliphatic carbocycles. The van der Waals surface area contributed by atoms with Crippen LogP contribution < -0.4 is 9.47 Å². The predicted molar refractivity (Wildman–Crippen MR) is 164 cm³/mol. The quantitative estimate of drug-likeness (QED) is 0.173. The van der Waals surface area contributed by atoms with E-state index in [0.29, 0.717) is 24.7 Å². The fourth-order valence-corrected chi connectivity index (χ4v) is 6.31. The Morgan fingerprint density at radius 1 is 0.639 bits per heavy atom. The number of hydrogen-bond acceptors (Lipinski definition) is 8. The molecule has 0 fully saturated rings. The van der Waals surface area contributed by atoms with Gasteiger partial charge < -0.3 is 29.2 Å². The SMILES string of the molecule is CSCCOCC(O)COc1c(Br)cc(-c2cc(Br)c(OCC(O)COCCSC)c(Br)c2)cc1Br. The largest absolute Gasteiger partial charge is 0.488 e. The van der Waals surface area contributed by atoms with Gasteiger partial charge in [0.25, 0.3) is 0 Å². The van der Waals surface area contributed by atoms with Crippen molar-refractivity contribution in [2.75, 3.05) is 63.7 Å². The fraction of sp³-hybridized carbons (Fsp3) is 0.500. The molecule has 0 saturated heterocycles. The van der Waals surface area contributed by atoms with Crippen LogP contribution in [0.25, 0.3) is 11.1 Å². The zero-order valence-electron chi connectivity index (χ0n) is 20.0. The van der Waals surface area contributed by atoms with Crippen LogP contribution in [0.15, 0.2) is 42.2 Å². The van der Waals surface area contributed by atoms with Crippen LogP contribution in [-0.4, -0.2) is 86.1 Å². The smallest absolute Gasteiger partial charge is 0.147 e. The highest BCUT2D eigenvalue weighted by atomic mass is 79.9. The summed E-state index contributed by atoms with van der Waals surface area (Å²) in [6, 6.07) is 7.80. The van der Waals surface area contributed by atoms with E-state index in [1.54, 1.807) is 23.5 Å². The van der Waals surface area contributed by atoms with E-state index in [0.717, 1.165) is 40.5 Å². The van der Waals surface area contributed by atoms with Gasteiger partial charge >= 0.3 is 0 Å². The molecule has 202 valence electrons. The van der Waals surface area contributed by atoms with E-state index in [9.17, 15) is 10.2 Å². The summed E-state index contributed by atoms with van der Waals surface area (Å²) in [6.45, 7) is 1.89. The second kappa shape index (κ2) is 18.0. The van der Waals surface area contributed by atoms with Gasteiger partial charge in [-0.2, -0.15) is 23.5 Å². The Labute approximate surface area is 255 Å². The molecule has 0 amide bonds. The van der Waals surface area contributed by atoms with Crippen molar-refractivity contribution in [1.82, 2.24) is 0 Å². The molecule has 36 heavy (non-hydrogen) atoms. The Morgan fingerprint density at radius 2 is 0.972 bits per heavy atom. The van der Waals surface area contributed by atoms with Gasteiger partial charge in [0.2, 0.25) is 0 Å². The summed E-state index contributed by atoms with van der Waals surface area (Å²) in [7, 11) is 0. The maximum Gasteiger partial charge on any atom is 0.147 e. The molecule has 2 atom stereocenters. The number of rotatable bonds is 17. The molecule has 0 aliphatic rings. The summed E-state index contributed by atoms with van der Waals surface area (Å²) in [5, 5.41) is 20.2. The molecule has 0 bridgehead atoms. The van der Waals surface area contributed by atoms with E-state index in [2.05, 4.69) is 63.7 Å². The van der Waals surface area contributed by atoms with Gasteiger partial charge in [-0.1, -0.05) is 0 Å². The fourth-order valence-electron chi connectivity index (χ4n) is 2.91. The first-order valence-corrected chi connectivity index (χ1v) is 17.0. The first kappa shape index (κ1) is 32.7.